The van der Waals surface area contributed by atoms with Gasteiger partial charge in [0.2, 0.25) is 5.91 Å². The predicted molar refractivity (Wildman–Crippen MR) is 150 cm³/mol. The number of fused-ring (bicyclic) bond motifs is 7. The number of primary amides is 1. The van der Waals surface area contributed by atoms with E-state index < -0.39 is 5.97 Å². The van der Waals surface area contributed by atoms with Gasteiger partial charge >= 0.3 is 11.9 Å². The number of carboxylic acid groups (broad SMARTS) is 1. The number of ether oxygens (including phenoxy) is 1. The number of carbonyl (C=O) groups is 3. The van der Waals surface area contributed by atoms with E-state index in [1.165, 1.54) is 6.42 Å². The van der Waals surface area contributed by atoms with Crippen molar-refractivity contribution in [2.75, 3.05) is 0 Å². The van der Waals surface area contributed by atoms with Gasteiger partial charge in [0, 0.05) is 12.8 Å². The third-order valence-electron chi connectivity index (χ3n) is 12.9. The quantitative estimate of drug-likeness (QED) is 0.289. The summed E-state index contributed by atoms with van der Waals surface area (Å²) in [6.45, 7) is 12.1. The van der Waals surface area contributed by atoms with Crippen molar-refractivity contribution < 1.29 is 24.2 Å². The summed E-state index contributed by atoms with van der Waals surface area (Å²) in [7, 11) is 0. The molecule has 0 saturated heterocycles. The molecule has 0 aromatic heterocycles. The first kappa shape index (κ1) is 28.7. The zero-order valence-corrected chi connectivity index (χ0v) is 24.9. The number of amides is 1. The molecular formula is C33H51NO5. The maximum absolute atomic E-state index is 13.0. The van der Waals surface area contributed by atoms with Crippen molar-refractivity contribution in [2.24, 2.45) is 57.0 Å². The molecule has 9 unspecified atom stereocenters. The van der Waals surface area contributed by atoms with Gasteiger partial charge in [0.05, 0.1) is 5.41 Å². The lowest BCUT2D eigenvalue weighted by molar-refractivity contribution is -0.179. The van der Waals surface area contributed by atoms with Gasteiger partial charge in [-0.3, -0.25) is 14.4 Å². The monoisotopic (exact) mass is 541 g/mol. The van der Waals surface area contributed by atoms with Gasteiger partial charge < -0.3 is 15.6 Å². The number of hydrogen-bond donors (Lipinski definition) is 2. The smallest absolute Gasteiger partial charge is 0.306 e. The predicted octanol–water partition coefficient (Wildman–Crippen LogP) is 6.66. The van der Waals surface area contributed by atoms with Crippen molar-refractivity contribution in [3.8, 4) is 0 Å². The number of hydrogen-bond acceptors (Lipinski definition) is 4. The third-order valence-corrected chi connectivity index (χ3v) is 12.9. The molecule has 9 atom stereocenters. The van der Waals surface area contributed by atoms with Crippen LogP contribution in [-0.2, 0) is 19.1 Å². The van der Waals surface area contributed by atoms with E-state index in [4.69, 9.17) is 15.6 Å². The van der Waals surface area contributed by atoms with Crippen molar-refractivity contribution in [2.45, 2.75) is 124 Å². The van der Waals surface area contributed by atoms with Crippen LogP contribution in [0.2, 0.25) is 0 Å². The van der Waals surface area contributed by atoms with Crippen LogP contribution in [0.5, 0.6) is 0 Å². The molecule has 0 spiro atoms. The summed E-state index contributed by atoms with van der Waals surface area (Å²) in [6.07, 6.45) is 13.4. The Morgan fingerprint density at radius 3 is 2.36 bits per heavy atom. The zero-order valence-electron chi connectivity index (χ0n) is 24.9. The summed E-state index contributed by atoms with van der Waals surface area (Å²) in [5.74, 6) is 1.02. The Labute approximate surface area is 234 Å². The Balaban J connectivity index is 1.36. The highest BCUT2D eigenvalue weighted by atomic mass is 16.5. The Bertz CT molecular complexity index is 1050. The molecule has 6 nitrogen and oxygen atoms in total. The van der Waals surface area contributed by atoms with Gasteiger partial charge in [0.1, 0.15) is 6.10 Å². The number of carbonyl (C=O) groups excluding carboxylic acids is 2. The lowest BCUT2D eigenvalue weighted by Gasteiger charge is -2.66. The average Bonchev–Trinajstić information content (AvgIpc) is 2.84. The van der Waals surface area contributed by atoms with Crippen LogP contribution in [0.4, 0.5) is 0 Å². The molecule has 0 aromatic rings. The van der Waals surface area contributed by atoms with Gasteiger partial charge in [0.25, 0.3) is 0 Å². The maximum Gasteiger partial charge on any atom is 0.306 e. The molecule has 0 aromatic carbocycles. The number of nitrogens with two attached hydrogens (primary N) is 1. The van der Waals surface area contributed by atoms with Crippen LogP contribution in [0.15, 0.2) is 11.6 Å². The van der Waals surface area contributed by atoms with Gasteiger partial charge in [-0.1, -0.05) is 46.3 Å². The first-order valence-corrected chi connectivity index (χ1v) is 15.6. The molecule has 0 heterocycles. The largest absolute Gasteiger partial charge is 0.481 e. The van der Waals surface area contributed by atoms with Crippen LogP contribution in [-0.4, -0.2) is 29.1 Å². The second-order valence-electron chi connectivity index (χ2n) is 15.4. The van der Waals surface area contributed by atoms with Crippen LogP contribution in [0.25, 0.3) is 0 Å². The normalized spacial score (nSPS) is 44.5. The molecular weight excluding hydrogens is 490 g/mol. The molecule has 3 N–H and O–H groups in total. The van der Waals surface area contributed by atoms with E-state index in [0.717, 1.165) is 57.8 Å². The topological polar surface area (TPSA) is 107 Å². The highest BCUT2D eigenvalue weighted by Gasteiger charge is 2.64. The van der Waals surface area contributed by atoms with E-state index in [1.807, 2.05) is 0 Å². The second-order valence-corrected chi connectivity index (χ2v) is 15.4. The summed E-state index contributed by atoms with van der Waals surface area (Å²) >= 11 is 0. The van der Waals surface area contributed by atoms with Gasteiger partial charge in [-0.15, -0.1) is 0 Å². The van der Waals surface area contributed by atoms with Gasteiger partial charge in [-0.2, -0.15) is 0 Å². The summed E-state index contributed by atoms with van der Waals surface area (Å²) < 4.78 is 5.95. The van der Waals surface area contributed by atoms with E-state index in [1.54, 1.807) is 5.57 Å². The SMILES string of the molecule is CC1C(OC(=O)CCCC(=O)O)CCC2(C)C1CCC1(C)C3CCC4(C(N)=O)CCC(C)(C)CC4C3=CCC12. The minimum Gasteiger partial charge on any atom is -0.481 e. The van der Waals surface area contributed by atoms with Gasteiger partial charge in [0.15, 0.2) is 0 Å². The van der Waals surface area contributed by atoms with Crippen molar-refractivity contribution >= 4 is 17.8 Å². The minimum absolute atomic E-state index is 0.00582. The van der Waals surface area contributed by atoms with Crippen molar-refractivity contribution in [1.82, 2.24) is 0 Å². The van der Waals surface area contributed by atoms with Crippen molar-refractivity contribution in [1.29, 1.82) is 0 Å². The molecule has 0 bridgehead atoms. The van der Waals surface area contributed by atoms with Crippen LogP contribution >= 0.6 is 0 Å². The molecule has 5 rings (SSSR count). The Kier molecular flexibility index (Phi) is 7.28. The fourth-order valence-corrected chi connectivity index (χ4v) is 10.7. The molecule has 5 aliphatic rings. The van der Waals surface area contributed by atoms with Crippen molar-refractivity contribution in [3.05, 3.63) is 11.6 Å². The summed E-state index contributed by atoms with van der Waals surface area (Å²) in [5.41, 5.74) is 8.04. The fourth-order valence-electron chi connectivity index (χ4n) is 10.7. The van der Waals surface area contributed by atoms with E-state index in [0.29, 0.717) is 30.1 Å². The second kappa shape index (κ2) is 9.91. The number of rotatable bonds is 6. The van der Waals surface area contributed by atoms with E-state index in [9.17, 15) is 14.4 Å². The third kappa shape index (κ3) is 4.66. The van der Waals surface area contributed by atoms with E-state index in [-0.39, 0.29) is 58.4 Å². The standard InChI is InChI=1S/C33H51NO5/c1-20-22-11-14-32(5)23-12-16-33(29(34)38)18-17-30(2,3)19-24(33)21(23)9-10-26(32)31(22,4)15-13-25(20)39-28(37)8-6-7-27(35)36/h9,20,22-26H,6-8,10-19H2,1-5H3,(H2,34,38)(H,35,36). The lowest BCUT2D eigenvalue weighted by Crippen LogP contribution is -2.61. The highest BCUT2D eigenvalue weighted by Crippen LogP contribution is 2.70. The van der Waals surface area contributed by atoms with Crippen LogP contribution in [0, 0.1) is 51.2 Å². The van der Waals surface area contributed by atoms with Crippen LogP contribution < -0.4 is 5.73 Å². The first-order chi connectivity index (χ1) is 18.2. The van der Waals surface area contributed by atoms with Crippen LogP contribution in [0.3, 0.4) is 0 Å². The highest BCUT2D eigenvalue weighted by molar-refractivity contribution is 5.82. The fraction of sp³-hybridized carbons (Fsp3) is 0.848. The molecule has 1 amide bonds. The number of allylic oxidation sites excluding steroid dienone is 2. The molecule has 4 saturated carbocycles. The summed E-state index contributed by atoms with van der Waals surface area (Å²) in [6, 6.07) is 0. The molecule has 6 heteroatoms. The molecule has 5 aliphatic carbocycles. The Morgan fingerprint density at radius 1 is 0.949 bits per heavy atom. The molecule has 218 valence electrons. The average molecular weight is 542 g/mol. The lowest BCUT2D eigenvalue weighted by atomic mass is 9.38. The Hall–Kier alpha value is -1.85. The van der Waals surface area contributed by atoms with Crippen molar-refractivity contribution in [3.63, 3.8) is 0 Å². The number of carboxylic acids is 1. The Morgan fingerprint density at radius 2 is 1.67 bits per heavy atom. The summed E-state index contributed by atoms with van der Waals surface area (Å²) in [4.78, 5) is 36.3. The first-order valence-electron chi connectivity index (χ1n) is 15.6. The molecule has 0 radical (unpaired) electrons. The van der Waals surface area contributed by atoms with Crippen LogP contribution in [0.1, 0.15) is 118 Å². The molecule has 0 aliphatic heterocycles. The summed E-state index contributed by atoms with van der Waals surface area (Å²) in [5, 5.41) is 8.88. The molecule has 39 heavy (non-hydrogen) atoms. The van der Waals surface area contributed by atoms with Gasteiger partial charge in [-0.25, -0.2) is 0 Å². The molecule has 4 fully saturated rings. The van der Waals surface area contributed by atoms with E-state index >= 15 is 0 Å². The zero-order chi connectivity index (χ0) is 28.4. The van der Waals surface area contributed by atoms with Gasteiger partial charge in [-0.05, 0) is 116 Å². The number of aliphatic carboxylic acids is 1. The number of esters is 1. The minimum atomic E-state index is -0.870. The van der Waals surface area contributed by atoms with E-state index in [2.05, 4.69) is 40.7 Å². The maximum atomic E-state index is 13.0.